The SMILES string of the molecule is CN=C(NCCN1C(=O)CNC1=O)NCC1(C)CCCS1.I. The van der Waals surface area contributed by atoms with Crippen molar-refractivity contribution >= 4 is 53.6 Å². The Balaban J connectivity index is 0.00000242. The number of imide groups is 1. The maximum atomic E-state index is 11.4. The molecular weight excluding hydrogens is 417 g/mol. The quantitative estimate of drug-likeness (QED) is 0.252. The number of amides is 3. The van der Waals surface area contributed by atoms with Crippen molar-refractivity contribution in [2.75, 3.05) is 39.0 Å². The van der Waals surface area contributed by atoms with E-state index in [2.05, 4.69) is 27.9 Å². The summed E-state index contributed by atoms with van der Waals surface area (Å²) in [7, 11) is 1.72. The second kappa shape index (κ2) is 8.80. The van der Waals surface area contributed by atoms with Crippen LogP contribution >= 0.6 is 35.7 Å². The van der Waals surface area contributed by atoms with Gasteiger partial charge < -0.3 is 16.0 Å². The normalized spacial score (nSPS) is 25.0. The summed E-state index contributed by atoms with van der Waals surface area (Å²) in [5.74, 6) is 1.74. The van der Waals surface area contributed by atoms with Crippen LogP contribution in [0.2, 0.25) is 0 Å². The number of hydrogen-bond acceptors (Lipinski definition) is 4. The zero-order valence-electron chi connectivity index (χ0n) is 13.0. The van der Waals surface area contributed by atoms with Crippen LogP contribution in [0.25, 0.3) is 0 Å². The summed E-state index contributed by atoms with van der Waals surface area (Å²) < 4.78 is 0.266. The van der Waals surface area contributed by atoms with Crippen molar-refractivity contribution in [3.05, 3.63) is 0 Å². The molecule has 0 saturated carbocycles. The van der Waals surface area contributed by atoms with Crippen LogP contribution < -0.4 is 16.0 Å². The van der Waals surface area contributed by atoms with Crippen LogP contribution in [0, 0.1) is 0 Å². The van der Waals surface area contributed by atoms with E-state index in [1.807, 2.05) is 11.8 Å². The summed E-state index contributed by atoms with van der Waals surface area (Å²) in [5.41, 5.74) is 0. The first-order valence-corrected chi connectivity index (χ1v) is 8.19. The highest BCUT2D eigenvalue weighted by Gasteiger charge is 2.30. The topological polar surface area (TPSA) is 85.8 Å². The average molecular weight is 441 g/mol. The fraction of sp³-hybridized carbons (Fsp3) is 0.769. The molecule has 0 aromatic rings. The number of halogens is 1. The van der Waals surface area contributed by atoms with Gasteiger partial charge in [-0.2, -0.15) is 11.8 Å². The van der Waals surface area contributed by atoms with Crippen LogP contribution in [0.4, 0.5) is 4.79 Å². The minimum atomic E-state index is -0.320. The lowest BCUT2D eigenvalue weighted by Crippen LogP contribution is -2.46. The molecule has 2 heterocycles. The van der Waals surface area contributed by atoms with Crippen molar-refractivity contribution in [1.82, 2.24) is 20.9 Å². The predicted molar refractivity (Wildman–Crippen MR) is 100.0 cm³/mol. The number of rotatable bonds is 5. The Kier molecular flexibility index (Phi) is 7.74. The smallest absolute Gasteiger partial charge is 0.324 e. The molecule has 9 heteroatoms. The molecule has 2 rings (SSSR count). The van der Waals surface area contributed by atoms with Gasteiger partial charge in [0.1, 0.15) is 0 Å². The van der Waals surface area contributed by atoms with Gasteiger partial charge in [0.2, 0.25) is 5.91 Å². The summed E-state index contributed by atoms with van der Waals surface area (Å²) in [6, 6.07) is -0.320. The molecule has 1 atom stereocenters. The van der Waals surface area contributed by atoms with Crippen LogP contribution in [0.1, 0.15) is 19.8 Å². The van der Waals surface area contributed by atoms with Crippen molar-refractivity contribution < 1.29 is 9.59 Å². The second-order valence-corrected chi connectivity index (χ2v) is 7.14. The number of nitrogens with zero attached hydrogens (tertiary/aromatic N) is 2. The van der Waals surface area contributed by atoms with Crippen molar-refractivity contribution in [2.24, 2.45) is 4.99 Å². The molecule has 3 amide bonds. The molecule has 0 aromatic carbocycles. The van der Waals surface area contributed by atoms with E-state index in [0.717, 1.165) is 6.54 Å². The zero-order chi connectivity index (χ0) is 15.3. The van der Waals surface area contributed by atoms with Crippen molar-refractivity contribution in [3.63, 3.8) is 0 Å². The Labute approximate surface area is 152 Å². The Morgan fingerprint density at radius 2 is 2.23 bits per heavy atom. The summed E-state index contributed by atoms with van der Waals surface area (Å²) in [6.07, 6.45) is 2.48. The molecule has 2 aliphatic heterocycles. The predicted octanol–water partition coefficient (Wildman–Crippen LogP) is 0.607. The molecule has 0 radical (unpaired) electrons. The summed E-state index contributed by atoms with van der Waals surface area (Å²) in [5, 5.41) is 8.95. The first-order chi connectivity index (χ1) is 10.0. The molecule has 0 bridgehead atoms. The van der Waals surface area contributed by atoms with Crippen LogP contribution in [-0.2, 0) is 4.79 Å². The molecule has 22 heavy (non-hydrogen) atoms. The van der Waals surface area contributed by atoms with Gasteiger partial charge >= 0.3 is 6.03 Å². The molecule has 2 fully saturated rings. The monoisotopic (exact) mass is 441 g/mol. The highest BCUT2D eigenvalue weighted by Crippen LogP contribution is 2.36. The summed E-state index contributed by atoms with van der Waals surface area (Å²) in [6.45, 7) is 4.06. The van der Waals surface area contributed by atoms with Gasteiger partial charge in [-0.25, -0.2) is 4.79 Å². The van der Waals surface area contributed by atoms with E-state index < -0.39 is 0 Å². The number of aliphatic imine (C=N–C) groups is 1. The maximum Gasteiger partial charge on any atom is 0.324 e. The van der Waals surface area contributed by atoms with Crippen molar-refractivity contribution in [3.8, 4) is 0 Å². The standard InChI is InChI=1S/C13H23N5O2S.HI/c1-13(4-3-7-21-13)9-17-11(14-2)15-5-6-18-10(19)8-16-12(18)20;/h3-9H2,1-2H3,(H,16,20)(H2,14,15,17);1H. The zero-order valence-corrected chi connectivity index (χ0v) is 16.1. The number of nitrogens with one attached hydrogen (secondary N) is 3. The van der Waals surface area contributed by atoms with Gasteiger partial charge in [-0.15, -0.1) is 24.0 Å². The number of carbonyl (C=O) groups is 2. The van der Waals surface area contributed by atoms with E-state index in [4.69, 9.17) is 0 Å². The molecule has 1 unspecified atom stereocenters. The molecular formula is C13H24IN5O2S. The third kappa shape index (κ3) is 5.18. The Morgan fingerprint density at radius 3 is 2.77 bits per heavy atom. The van der Waals surface area contributed by atoms with Crippen LogP contribution in [0.15, 0.2) is 4.99 Å². The molecule has 0 spiro atoms. The first kappa shape index (κ1) is 19.3. The fourth-order valence-electron chi connectivity index (χ4n) is 2.44. The molecule has 0 aliphatic carbocycles. The van der Waals surface area contributed by atoms with Gasteiger partial charge in [0.05, 0.1) is 6.54 Å². The number of guanidine groups is 1. The third-order valence-electron chi connectivity index (χ3n) is 3.72. The van der Waals surface area contributed by atoms with E-state index in [1.165, 1.54) is 23.5 Å². The van der Waals surface area contributed by atoms with E-state index in [0.29, 0.717) is 19.0 Å². The van der Waals surface area contributed by atoms with E-state index in [-0.39, 0.29) is 47.2 Å². The highest BCUT2D eigenvalue weighted by molar-refractivity contribution is 14.0. The van der Waals surface area contributed by atoms with Gasteiger partial charge in [-0.05, 0) is 25.5 Å². The second-order valence-electron chi connectivity index (χ2n) is 5.46. The Morgan fingerprint density at radius 1 is 1.45 bits per heavy atom. The first-order valence-electron chi connectivity index (χ1n) is 7.21. The average Bonchev–Trinajstić information content (AvgIpc) is 3.03. The van der Waals surface area contributed by atoms with E-state index >= 15 is 0 Å². The van der Waals surface area contributed by atoms with Gasteiger partial charge in [0.25, 0.3) is 0 Å². The highest BCUT2D eigenvalue weighted by atomic mass is 127. The van der Waals surface area contributed by atoms with Crippen molar-refractivity contribution in [2.45, 2.75) is 24.5 Å². The van der Waals surface area contributed by atoms with Gasteiger partial charge in [0.15, 0.2) is 5.96 Å². The third-order valence-corrected chi connectivity index (χ3v) is 5.26. The lowest BCUT2D eigenvalue weighted by Gasteiger charge is -2.24. The van der Waals surface area contributed by atoms with Crippen LogP contribution in [-0.4, -0.2) is 66.5 Å². The number of carbonyl (C=O) groups excluding carboxylic acids is 2. The van der Waals surface area contributed by atoms with Gasteiger partial charge in [0, 0.05) is 31.4 Å². The fourth-order valence-corrected chi connectivity index (χ4v) is 3.68. The summed E-state index contributed by atoms with van der Waals surface area (Å²) in [4.78, 5) is 28.2. The van der Waals surface area contributed by atoms with Gasteiger partial charge in [-0.1, -0.05) is 0 Å². The van der Waals surface area contributed by atoms with Crippen LogP contribution in [0.5, 0.6) is 0 Å². The molecule has 7 nitrogen and oxygen atoms in total. The lowest BCUT2D eigenvalue weighted by atomic mass is 10.1. The number of thioether (sulfide) groups is 1. The Hall–Kier alpha value is -0.710. The Bertz CT molecular complexity index is 424. The number of urea groups is 1. The summed E-state index contributed by atoms with van der Waals surface area (Å²) >= 11 is 1.99. The van der Waals surface area contributed by atoms with E-state index in [9.17, 15) is 9.59 Å². The molecule has 126 valence electrons. The van der Waals surface area contributed by atoms with Gasteiger partial charge in [-0.3, -0.25) is 14.7 Å². The van der Waals surface area contributed by atoms with E-state index in [1.54, 1.807) is 7.05 Å². The van der Waals surface area contributed by atoms with Crippen LogP contribution in [0.3, 0.4) is 0 Å². The molecule has 2 aliphatic rings. The maximum absolute atomic E-state index is 11.4. The minimum Gasteiger partial charge on any atom is -0.355 e. The molecule has 3 N–H and O–H groups in total. The largest absolute Gasteiger partial charge is 0.355 e. The molecule has 2 saturated heterocycles. The van der Waals surface area contributed by atoms with Crippen molar-refractivity contribution in [1.29, 1.82) is 0 Å². The molecule has 0 aromatic heterocycles. The number of hydrogen-bond donors (Lipinski definition) is 3. The lowest BCUT2D eigenvalue weighted by molar-refractivity contribution is -0.124. The minimum absolute atomic E-state index is 0.